The van der Waals surface area contributed by atoms with E-state index >= 15 is 0 Å². The van der Waals surface area contributed by atoms with Gasteiger partial charge in [-0.05, 0) is 56.5 Å². The van der Waals surface area contributed by atoms with E-state index in [4.69, 9.17) is 0 Å². The average molecular weight is 469 g/mol. The first-order valence-electron chi connectivity index (χ1n) is 12.4. The Morgan fingerprint density at radius 2 is 1.71 bits per heavy atom. The maximum absolute atomic E-state index is 13.2. The number of carbonyl (C=O) groups excluding carboxylic acids is 2. The lowest BCUT2D eigenvalue weighted by Crippen LogP contribution is -2.38. The summed E-state index contributed by atoms with van der Waals surface area (Å²) in [6.45, 7) is 10.8. The molecule has 0 aliphatic carbocycles. The average Bonchev–Trinajstić information content (AvgIpc) is 3.03. The van der Waals surface area contributed by atoms with Crippen LogP contribution >= 0.6 is 0 Å². The molecule has 8 heteroatoms. The maximum atomic E-state index is 13.2. The molecule has 0 saturated heterocycles. The van der Waals surface area contributed by atoms with Gasteiger partial charge in [0.05, 0.1) is 12.6 Å². The van der Waals surface area contributed by atoms with Crippen molar-refractivity contribution in [1.29, 1.82) is 0 Å². The molecule has 1 aromatic heterocycles. The second kappa shape index (κ2) is 11.6. The third-order valence-electron chi connectivity index (χ3n) is 6.00. The first-order chi connectivity index (χ1) is 16.1. The van der Waals surface area contributed by atoms with Crippen molar-refractivity contribution < 1.29 is 9.59 Å². The maximum Gasteiger partial charge on any atom is 0.253 e. The molecule has 186 valence electrons. The topological polar surface area (TPSA) is 83.4 Å². The van der Waals surface area contributed by atoms with E-state index in [-0.39, 0.29) is 17.9 Å². The van der Waals surface area contributed by atoms with Gasteiger partial charge in [-0.15, -0.1) is 10.2 Å². The van der Waals surface area contributed by atoms with Gasteiger partial charge in [0.2, 0.25) is 5.91 Å². The Morgan fingerprint density at radius 1 is 1.00 bits per heavy atom. The minimum atomic E-state index is -0.204. The Kier molecular flexibility index (Phi) is 8.83. The summed E-state index contributed by atoms with van der Waals surface area (Å²) in [5.74, 6) is 2.65. The van der Waals surface area contributed by atoms with E-state index in [0.717, 1.165) is 30.1 Å². The molecule has 0 fully saturated rings. The minimum absolute atomic E-state index is 0.0284. The number of carbonyl (C=O) groups is 2. The van der Waals surface area contributed by atoms with Crippen LogP contribution in [0.4, 0.5) is 0 Å². The van der Waals surface area contributed by atoms with Crippen molar-refractivity contribution in [1.82, 2.24) is 29.9 Å². The molecule has 34 heavy (non-hydrogen) atoms. The van der Waals surface area contributed by atoms with Crippen LogP contribution in [0.3, 0.4) is 0 Å². The van der Waals surface area contributed by atoms with E-state index in [9.17, 15) is 9.59 Å². The number of hydrogen-bond acceptors (Lipinski definition) is 5. The second-order valence-electron chi connectivity index (χ2n) is 10.5. The number of benzene rings is 1. The van der Waals surface area contributed by atoms with Crippen molar-refractivity contribution in [2.45, 2.75) is 59.5 Å². The van der Waals surface area contributed by atoms with Gasteiger partial charge < -0.3 is 19.7 Å². The van der Waals surface area contributed by atoms with Crippen LogP contribution in [0.25, 0.3) is 0 Å². The van der Waals surface area contributed by atoms with Crippen LogP contribution in [0.15, 0.2) is 24.3 Å². The lowest BCUT2D eigenvalue weighted by Gasteiger charge is -2.23. The molecule has 0 saturated carbocycles. The lowest BCUT2D eigenvalue weighted by atomic mass is 10.0. The van der Waals surface area contributed by atoms with Crippen LogP contribution < -0.4 is 5.32 Å². The van der Waals surface area contributed by atoms with Crippen molar-refractivity contribution in [2.75, 3.05) is 33.7 Å². The second-order valence-corrected chi connectivity index (χ2v) is 10.5. The Balaban J connectivity index is 1.72. The fourth-order valence-electron chi connectivity index (χ4n) is 4.47. The Labute approximate surface area is 203 Å². The van der Waals surface area contributed by atoms with E-state index in [1.54, 1.807) is 0 Å². The molecule has 1 aliphatic heterocycles. The lowest BCUT2D eigenvalue weighted by molar-refractivity contribution is -0.122. The number of rotatable bonds is 9. The number of aromatic nitrogens is 3. The minimum Gasteiger partial charge on any atom is -0.345 e. The highest BCUT2D eigenvalue weighted by atomic mass is 16.2. The number of amides is 2. The van der Waals surface area contributed by atoms with Crippen molar-refractivity contribution in [3.05, 3.63) is 47.0 Å². The summed E-state index contributed by atoms with van der Waals surface area (Å²) < 4.78 is 2.10. The number of nitrogens with zero attached hydrogens (tertiary/aromatic N) is 5. The monoisotopic (exact) mass is 468 g/mol. The third kappa shape index (κ3) is 6.88. The van der Waals surface area contributed by atoms with Crippen LogP contribution in [-0.2, 0) is 24.2 Å². The highest BCUT2D eigenvalue weighted by molar-refractivity contribution is 5.94. The summed E-state index contributed by atoms with van der Waals surface area (Å²) in [5.41, 5.74) is 1.98. The Bertz CT molecular complexity index is 964. The number of nitrogens with one attached hydrogen (secondary N) is 1. The molecule has 2 aromatic rings. The zero-order valence-electron chi connectivity index (χ0n) is 21.5. The first-order valence-corrected chi connectivity index (χ1v) is 12.4. The summed E-state index contributed by atoms with van der Waals surface area (Å²) >= 11 is 0. The highest BCUT2D eigenvalue weighted by Gasteiger charge is 2.27. The number of hydrogen-bond donors (Lipinski definition) is 1. The van der Waals surface area contributed by atoms with E-state index in [1.165, 1.54) is 5.56 Å². The van der Waals surface area contributed by atoms with Crippen LogP contribution in [0.5, 0.6) is 0 Å². The van der Waals surface area contributed by atoms with E-state index in [2.05, 4.69) is 59.9 Å². The number of likely N-dealkylation sites (N-methyl/N-ethyl adjacent to an activating group) is 1. The molecule has 0 bridgehead atoms. The highest BCUT2D eigenvalue weighted by Crippen LogP contribution is 2.23. The fourth-order valence-corrected chi connectivity index (χ4v) is 4.47. The summed E-state index contributed by atoms with van der Waals surface area (Å²) in [6.07, 6.45) is 2.44. The predicted molar refractivity (Wildman–Crippen MR) is 134 cm³/mol. The summed E-state index contributed by atoms with van der Waals surface area (Å²) in [5, 5.41) is 12.0. The van der Waals surface area contributed by atoms with Crippen molar-refractivity contribution >= 4 is 11.8 Å². The van der Waals surface area contributed by atoms with Gasteiger partial charge in [0.25, 0.3) is 5.91 Å². The molecular formula is C26H40N6O2. The standard InChI is InChI=1S/C26H40N6O2/c1-18(2)15-20-7-9-21(10-8-20)26(34)31-12-11-23-28-29-25(32(23)14-13-31)22(16-19(3)4)27-24(33)17-30(5)6/h7-10,18-19,22H,11-17H2,1-6H3,(H,27,33). The molecule has 2 amide bonds. The number of fused-ring (bicyclic) bond motifs is 1. The van der Waals surface area contributed by atoms with Crippen molar-refractivity contribution in [3.8, 4) is 0 Å². The molecule has 1 aromatic carbocycles. The van der Waals surface area contributed by atoms with Crippen LogP contribution in [0.1, 0.15) is 67.7 Å². The quantitative estimate of drug-likeness (QED) is 0.612. The first kappa shape index (κ1) is 25.9. The Hall–Kier alpha value is -2.74. The van der Waals surface area contributed by atoms with Gasteiger partial charge in [0.1, 0.15) is 5.82 Å². The molecule has 2 heterocycles. The van der Waals surface area contributed by atoms with Gasteiger partial charge >= 0.3 is 0 Å². The summed E-state index contributed by atoms with van der Waals surface area (Å²) in [6, 6.07) is 7.80. The zero-order valence-corrected chi connectivity index (χ0v) is 21.5. The van der Waals surface area contributed by atoms with Gasteiger partial charge in [0, 0.05) is 31.6 Å². The molecule has 0 radical (unpaired) electrons. The van der Waals surface area contributed by atoms with E-state index in [0.29, 0.717) is 44.4 Å². The van der Waals surface area contributed by atoms with Crippen molar-refractivity contribution in [3.63, 3.8) is 0 Å². The normalized spacial score (nSPS) is 14.9. The fraction of sp³-hybridized carbons (Fsp3) is 0.615. The largest absolute Gasteiger partial charge is 0.345 e. The third-order valence-corrected chi connectivity index (χ3v) is 6.00. The van der Waals surface area contributed by atoms with Crippen LogP contribution in [0.2, 0.25) is 0 Å². The van der Waals surface area contributed by atoms with Gasteiger partial charge in [-0.2, -0.15) is 0 Å². The van der Waals surface area contributed by atoms with E-state index < -0.39 is 0 Å². The molecule has 8 nitrogen and oxygen atoms in total. The molecule has 1 atom stereocenters. The molecule has 0 spiro atoms. The van der Waals surface area contributed by atoms with E-state index in [1.807, 2.05) is 36.0 Å². The van der Waals surface area contributed by atoms with Gasteiger partial charge in [-0.1, -0.05) is 39.8 Å². The smallest absolute Gasteiger partial charge is 0.253 e. The van der Waals surface area contributed by atoms with Gasteiger partial charge in [0.15, 0.2) is 5.82 Å². The zero-order chi connectivity index (χ0) is 24.8. The molecule has 1 unspecified atom stereocenters. The Morgan fingerprint density at radius 3 is 2.32 bits per heavy atom. The SMILES string of the molecule is CC(C)Cc1ccc(C(=O)N2CCc3nnc(C(CC(C)C)NC(=O)CN(C)C)n3CC2)cc1. The molecule has 1 aliphatic rings. The van der Waals surface area contributed by atoms with Gasteiger partial charge in [-0.3, -0.25) is 9.59 Å². The van der Waals surface area contributed by atoms with Gasteiger partial charge in [-0.25, -0.2) is 0 Å². The predicted octanol–water partition coefficient (Wildman–Crippen LogP) is 2.94. The van der Waals surface area contributed by atoms with Crippen LogP contribution in [0, 0.1) is 11.8 Å². The molecule has 3 rings (SSSR count). The summed E-state index contributed by atoms with van der Waals surface area (Å²) in [4.78, 5) is 29.4. The summed E-state index contributed by atoms with van der Waals surface area (Å²) in [7, 11) is 3.76. The van der Waals surface area contributed by atoms with Crippen molar-refractivity contribution in [2.24, 2.45) is 11.8 Å². The molecular weight excluding hydrogens is 428 g/mol. The van der Waals surface area contributed by atoms with Crippen LogP contribution in [-0.4, -0.2) is 70.1 Å². The molecule has 1 N–H and O–H groups in total.